The minimum Gasteiger partial charge on any atom is -0.312 e. The van der Waals surface area contributed by atoms with Crippen LogP contribution in [0.2, 0.25) is 0 Å². The van der Waals surface area contributed by atoms with Gasteiger partial charge in [-0.1, -0.05) is 30.0 Å². The van der Waals surface area contributed by atoms with E-state index in [2.05, 4.69) is 10.3 Å². The Balaban J connectivity index is 2.28. The maximum absolute atomic E-state index is 13.4. The molecule has 1 aliphatic rings. The highest BCUT2D eigenvalue weighted by atomic mass is 32.2. The highest BCUT2D eigenvalue weighted by molar-refractivity contribution is 7.98. The molecule has 5 nitrogen and oxygen atoms in total. The van der Waals surface area contributed by atoms with Gasteiger partial charge in [-0.15, -0.1) is 0 Å². The molecule has 0 radical (unpaired) electrons. The number of nitrogens with one attached hydrogen (secondary N) is 1. The second kappa shape index (κ2) is 6.21. The molecule has 2 aromatic rings. The molecule has 0 bridgehead atoms. The smallest absolute Gasteiger partial charge is 0.312 e. The van der Waals surface area contributed by atoms with Crippen molar-refractivity contribution >= 4 is 23.5 Å². The summed E-state index contributed by atoms with van der Waals surface area (Å²) in [4.78, 5) is 28.5. The lowest BCUT2D eigenvalue weighted by Crippen LogP contribution is -2.34. The second-order valence-electron chi connectivity index (χ2n) is 5.61. The number of alkyl halides is 3. The first-order valence-electron chi connectivity index (χ1n) is 7.35. The number of hydrogen-bond acceptors (Lipinski definition) is 4. The third-order valence-electron chi connectivity index (χ3n) is 4.13. The average Bonchev–Trinajstić information content (AvgIpc) is 2.56. The minimum absolute atomic E-state index is 0.0802. The van der Waals surface area contributed by atoms with Crippen LogP contribution < -0.4 is 10.9 Å². The van der Waals surface area contributed by atoms with E-state index in [1.54, 1.807) is 13.3 Å². The molecule has 1 N–H and O–H groups in total. The van der Waals surface area contributed by atoms with Gasteiger partial charge >= 0.3 is 6.18 Å². The van der Waals surface area contributed by atoms with E-state index < -0.39 is 29.1 Å². The third-order valence-corrected chi connectivity index (χ3v) is 4.86. The summed E-state index contributed by atoms with van der Waals surface area (Å²) in [6.45, 7) is 0. The molecule has 132 valence electrons. The van der Waals surface area contributed by atoms with Gasteiger partial charge in [-0.2, -0.15) is 18.2 Å². The van der Waals surface area contributed by atoms with Crippen molar-refractivity contribution in [1.82, 2.24) is 9.55 Å². The fourth-order valence-electron chi connectivity index (χ4n) is 3.04. The SMILES string of the molecule is CSc1nc(=O)c2c(n1C)NC(=O)CC2c1ccccc1C(F)(F)F. The van der Waals surface area contributed by atoms with Crippen molar-refractivity contribution < 1.29 is 18.0 Å². The lowest BCUT2D eigenvalue weighted by molar-refractivity contribution is -0.138. The highest BCUT2D eigenvalue weighted by Crippen LogP contribution is 2.41. The Bertz CT molecular complexity index is 908. The van der Waals surface area contributed by atoms with E-state index in [0.717, 1.165) is 6.07 Å². The molecule has 2 heterocycles. The standard InChI is InChI=1S/C16H14F3N3O2S/c1-22-13-12(14(24)21-15(22)25-2)9(7-11(23)20-13)8-5-3-4-6-10(8)16(17,18)19/h3-6,9H,7H2,1-2H3,(H,20,23). The summed E-state index contributed by atoms with van der Waals surface area (Å²) in [6.07, 6.45) is -3.10. The van der Waals surface area contributed by atoms with Crippen LogP contribution in [0.1, 0.15) is 29.0 Å². The first-order chi connectivity index (χ1) is 11.7. The van der Waals surface area contributed by atoms with Gasteiger partial charge < -0.3 is 9.88 Å². The first kappa shape index (κ1) is 17.5. The number of fused-ring (bicyclic) bond motifs is 1. The zero-order chi connectivity index (χ0) is 18.4. The Morgan fingerprint density at radius 1 is 1.28 bits per heavy atom. The quantitative estimate of drug-likeness (QED) is 0.653. The van der Waals surface area contributed by atoms with Crippen LogP contribution in [0.25, 0.3) is 0 Å². The van der Waals surface area contributed by atoms with Crippen LogP contribution in [0, 0.1) is 0 Å². The summed E-state index contributed by atoms with van der Waals surface area (Å²) in [5.74, 6) is -1.24. The maximum atomic E-state index is 13.4. The summed E-state index contributed by atoms with van der Waals surface area (Å²) in [5, 5.41) is 2.96. The van der Waals surface area contributed by atoms with Crippen molar-refractivity contribution in [2.75, 3.05) is 11.6 Å². The molecule has 1 unspecified atom stereocenters. The molecule has 1 amide bonds. The van der Waals surface area contributed by atoms with Crippen LogP contribution in [0.15, 0.2) is 34.2 Å². The van der Waals surface area contributed by atoms with Crippen LogP contribution in [0.5, 0.6) is 0 Å². The van der Waals surface area contributed by atoms with Crippen LogP contribution in [-0.2, 0) is 18.0 Å². The van der Waals surface area contributed by atoms with Gasteiger partial charge in [0.1, 0.15) is 5.82 Å². The Morgan fingerprint density at radius 3 is 2.60 bits per heavy atom. The van der Waals surface area contributed by atoms with E-state index in [-0.39, 0.29) is 23.4 Å². The van der Waals surface area contributed by atoms with E-state index in [1.807, 2.05) is 0 Å². The number of aromatic nitrogens is 2. The van der Waals surface area contributed by atoms with Crippen molar-refractivity contribution in [1.29, 1.82) is 0 Å². The van der Waals surface area contributed by atoms with Crippen molar-refractivity contribution in [2.24, 2.45) is 7.05 Å². The van der Waals surface area contributed by atoms with Crippen LogP contribution >= 0.6 is 11.8 Å². The van der Waals surface area contributed by atoms with Crippen LogP contribution in [-0.4, -0.2) is 21.7 Å². The number of amides is 1. The maximum Gasteiger partial charge on any atom is 0.416 e. The zero-order valence-electron chi connectivity index (χ0n) is 13.3. The largest absolute Gasteiger partial charge is 0.416 e. The molecular formula is C16H14F3N3O2S. The highest BCUT2D eigenvalue weighted by Gasteiger charge is 2.39. The van der Waals surface area contributed by atoms with Gasteiger partial charge in [0, 0.05) is 19.4 Å². The van der Waals surface area contributed by atoms with Gasteiger partial charge in [0.25, 0.3) is 5.56 Å². The molecule has 1 aromatic carbocycles. The summed E-state index contributed by atoms with van der Waals surface area (Å²) in [7, 11) is 1.61. The number of hydrogen-bond donors (Lipinski definition) is 1. The number of anilines is 1. The number of rotatable bonds is 2. The summed E-state index contributed by atoms with van der Waals surface area (Å²) >= 11 is 1.21. The first-order valence-corrected chi connectivity index (χ1v) is 8.57. The number of nitrogens with zero attached hydrogens (tertiary/aromatic N) is 2. The molecule has 1 aromatic heterocycles. The predicted molar refractivity (Wildman–Crippen MR) is 87.8 cm³/mol. The molecule has 0 spiro atoms. The molecule has 1 aliphatic heterocycles. The molecule has 0 saturated heterocycles. The molecule has 1 atom stereocenters. The number of carbonyl (C=O) groups excluding carboxylic acids is 1. The van der Waals surface area contributed by atoms with Crippen molar-refractivity contribution in [2.45, 2.75) is 23.7 Å². The monoisotopic (exact) mass is 369 g/mol. The van der Waals surface area contributed by atoms with E-state index >= 15 is 0 Å². The lowest BCUT2D eigenvalue weighted by atomic mass is 9.84. The third kappa shape index (κ3) is 3.04. The molecule has 0 aliphatic carbocycles. The minimum atomic E-state index is -4.58. The molecule has 25 heavy (non-hydrogen) atoms. The van der Waals surface area contributed by atoms with Gasteiger partial charge in [0.2, 0.25) is 5.91 Å². The summed E-state index contributed by atoms with van der Waals surface area (Å²) in [6, 6.07) is 5.00. The van der Waals surface area contributed by atoms with Gasteiger partial charge in [-0.05, 0) is 17.9 Å². The second-order valence-corrected chi connectivity index (χ2v) is 6.39. The van der Waals surface area contributed by atoms with Crippen molar-refractivity contribution in [3.8, 4) is 0 Å². The molecule has 3 rings (SSSR count). The zero-order valence-corrected chi connectivity index (χ0v) is 14.2. The summed E-state index contributed by atoms with van der Waals surface area (Å²) in [5.41, 5.74) is -1.49. The molecule has 9 heteroatoms. The fourth-order valence-corrected chi connectivity index (χ4v) is 3.58. The Labute approximate surface area is 145 Å². The van der Waals surface area contributed by atoms with Gasteiger partial charge in [-0.25, -0.2) is 0 Å². The molecular weight excluding hydrogens is 355 g/mol. The molecule has 0 fully saturated rings. The summed E-state index contributed by atoms with van der Waals surface area (Å²) < 4.78 is 41.6. The van der Waals surface area contributed by atoms with Crippen molar-refractivity contribution in [3.05, 3.63) is 51.3 Å². The number of benzene rings is 1. The van der Waals surface area contributed by atoms with E-state index in [1.165, 1.54) is 34.5 Å². The number of carbonyl (C=O) groups is 1. The van der Waals surface area contributed by atoms with Crippen LogP contribution in [0.3, 0.4) is 0 Å². The number of thioether (sulfide) groups is 1. The lowest BCUT2D eigenvalue weighted by Gasteiger charge is -2.28. The van der Waals surface area contributed by atoms with Crippen LogP contribution in [0.4, 0.5) is 19.0 Å². The average molecular weight is 369 g/mol. The van der Waals surface area contributed by atoms with E-state index in [9.17, 15) is 22.8 Å². The Morgan fingerprint density at radius 2 is 1.96 bits per heavy atom. The Kier molecular flexibility index (Phi) is 4.36. The fraction of sp³-hybridized carbons (Fsp3) is 0.312. The van der Waals surface area contributed by atoms with E-state index in [4.69, 9.17) is 0 Å². The van der Waals surface area contributed by atoms with E-state index in [0.29, 0.717) is 5.16 Å². The number of halogens is 3. The predicted octanol–water partition coefficient (Wildman–Crippen LogP) is 3.00. The normalized spacial score (nSPS) is 17.2. The van der Waals surface area contributed by atoms with Gasteiger partial charge in [0.05, 0.1) is 11.1 Å². The van der Waals surface area contributed by atoms with Gasteiger partial charge in [0.15, 0.2) is 5.16 Å². The van der Waals surface area contributed by atoms with Crippen molar-refractivity contribution in [3.63, 3.8) is 0 Å². The Hall–Kier alpha value is -2.29. The topological polar surface area (TPSA) is 64.0 Å². The molecule has 0 saturated carbocycles. The van der Waals surface area contributed by atoms with Gasteiger partial charge in [-0.3, -0.25) is 9.59 Å².